The standard InChI is InChI=1S/C18H26BClN2O3/c1-17(2)18(3,4)25-19(24-17)14-10-12(6-7-15(14)20)16(23)22(5)13-8-9-21-11-13/h6-7,10,13,21H,8-9,11H2,1-5H3. The molecule has 136 valence electrons. The van der Waals surface area contributed by atoms with Crippen molar-refractivity contribution in [2.24, 2.45) is 0 Å². The first kappa shape index (κ1) is 18.7. The Morgan fingerprint density at radius 3 is 2.48 bits per heavy atom. The fourth-order valence-electron chi connectivity index (χ4n) is 3.17. The third-order valence-electron chi connectivity index (χ3n) is 5.65. The molecule has 0 radical (unpaired) electrons. The van der Waals surface area contributed by atoms with E-state index < -0.39 is 18.3 Å². The lowest BCUT2D eigenvalue weighted by Crippen LogP contribution is -2.41. The van der Waals surface area contributed by atoms with Gasteiger partial charge in [0.05, 0.1) is 11.2 Å². The van der Waals surface area contributed by atoms with Crippen molar-refractivity contribution >= 4 is 30.1 Å². The number of carbonyl (C=O) groups is 1. The fourth-order valence-corrected chi connectivity index (χ4v) is 3.37. The van der Waals surface area contributed by atoms with Crippen LogP contribution in [0.25, 0.3) is 0 Å². The highest BCUT2D eigenvalue weighted by Gasteiger charge is 2.52. The molecule has 1 unspecified atom stereocenters. The van der Waals surface area contributed by atoms with Crippen LogP contribution in [0.3, 0.4) is 0 Å². The minimum absolute atomic E-state index is 0.0110. The molecular weight excluding hydrogens is 338 g/mol. The molecule has 5 nitrogen and oxygen atoms in total. The zero-order valence-corrected chi connectivity index (χ0v) is 16.3. The number of nitrogens with one attached hydrogen (secondary N) is 1. The van der Waals surface area contributed by atoms with E-state index >= 15 is 0 Å². The average Bonchev–Trinajstić information content (AvgIpc) is 3.13. The van der Waals surface area contributed by atoms with Gasteiger partial charge in [-0.1, -0.05) is 11.6 Å². The zero-order valence-electron chi connectivity index (χ0n) is 15.6. The maximum absolute atomic E-state index is 12.8. The summed E-state index contributed by atoms with van der Waals surface area (Å²) in [6, 6.07) is 5.53. The lowest BCUT2D eigenvalue weighted by molar-refractivity contribution is 0.00578. The second-order valence-corrected chi connectivity index (χ2v) is 8.29. The molecule has 3 rings (SSSR count). The Morgan fingerprint density at radius 2 is 1.92 bits per heavy atom. The van der Waals surface area contributed by atoms with Gasteiger partial charge in [-0.25, -0.2) is 0 Å². The summed E-state index contributed by atoms with van der Waals surface area (Å²) < 4.78 is 12.2. The number of likely N-dealkylation sites (N-methyl/N-ethyl adjacent to an activating group) is 1. The largest absolute Gasteiger partial charge is 0.496 e. The van der Waals surface area contributed by atoms with Crippen molar-refractivity contribution in [2.75, 3.05) is 20.1 Å². The van der Waals surface area contributed by atoms with Gasteiger partial charge in [0.2, 0.25) is 0 Å². The number of benzene rings is 1. The van der Waals surface area contributed by atoms with Crippen molar-refractivity contribution < 1.29 is 14.1 Å². The van der Waals surface area contributed by atoms with Crippen molar-refractivity contribution in [1.82, 2.24) is 10.2 Å². The van der Waals surface area contributed by atoms with Crippen LogP contribution in [0.5, 0.6) is 0 Å². The van der Waals surface area contributed by atoms with E-state index in [2.05, 4.69) is 5.32 Å². The van der Waals surface area contributed by atoms with Crippen LogP contribution < -0.4 is 10.8 Å². The average molecular weight is 365 g/mol. The van der Waals surface area contributed by atoms with Crippen LogP contribution in [-0.4, -0.2) is 55.3 Å². The summed E-state index contributed by atoms with van der Waals surface area (Å²) in [5, 5.41) is 3.83. The van der Waals surface area contributed by atoms with E-state index in [4.69, 9.17) is 20.9 Å². The Balaban J connectivity index is 1.85. The zero-order chi connectivity index (χ0) is 18.4. The molecular formula is C18H26BClN2O3. The van der Waals surface area contributed by atoms with Crippen LogP contribution in [0, 0.1) is 0 Å². The van der Waals surface area contributed by atoms with Gasteiger partial charge in [0.1, 0.15) is 0 Å². The van der Waals surface area contributed by atoms with Crippen molar-refractivity contribution in [3.63, 3.8) is 0 Å². The number of hydrogen-bond acceptors (Lipinski definition) is 4. The molecule has 2 saturated heterocycles. The molecule has 1 atom stereocenters. The van der Waals surface area contributed by atoms with Gasteiger partial charge >= 0.3 is 7.12 Å². The van der Waals surface area contributed by atoms with Gasteiger partial charge in [-0.05, 0) is 58.9 Å². The maximum Gasteiger partial charge on any atom is 0.496 e. The highest BCUT2D eigenvalue weighted by atomic mass is 35.5. The topological polar surface area (TPSA) is 50.8 Å². The van der Waals surface area contributed by atoms with Crippen molar-refractivity contribution in [3.05, 3.63) is 28.8 Å². The smallest absolute Gasteiger partial charge is 0.399 e. The van der Waals surface area contributed by atoms with Crippen LogP contribution in [0.2, 0.25) is 5.02 Å². The molecule has 1 aromatic carbocycles. The third-order valence-corrected chi connectivity index (χ3v) is 6.00. The van der Waals surface area contributed by atoms with Gasteiger partial charge < -0.3 is 19.5 Å². The van der Waals surface area contributed by atoms with Crippen LogP contribution in [0.15, 0.2) is 18.2 Å². The quantitative estimate of drug-likeness (QED) is 0.834. The Hall–Kier alpha value is -1.08. The van der Waals surface area contributed by atoms with Crippen molar-refractivity contribution in [3.8, 4) is 0 Å². The molecule has 0 bridgehead atoms. The van der Waals surface area contributed by atoms with Crippen LogP contribution in [-0.2, 0) is 9.31 Å². The van der Waals surface area contributed by atoms with E-state index in [1.165, 1.54) is 0 Å². The SMILES string of the molecule is CN(C(=O)c1ccc(Cl)c(B2OC(C)(C)C(C)(C)O2)c1)C1CCNC1. The first-order valence-corrected chi connectivity index (χ1v) is 9.13. The highest BCUT2D eigenvalue weighted by molar-refractivity contribution is 6.65. The predicted molar refractivity (Wildman–Crippen MR) is 101 cm³/mol. The van der Waals surface area contributed by atoms with Gasteiger partial charge in [-0.15, -0.1) is 0 Å². The van der Waals surface area contributed by atoms with E-state index in [1.54, 1.807) is 23.1 Å². The lowest BCUT2D eigenvalue weighted by Gasteiger charge is -2.32. The van der Waals surface area contributed by atoms with E-state index in [1.807, 2.05) is 34.7 Å². The number of nitrogens with zero attached hydrogens (tertiary/aromatic N) is 1. The normalized spacial score (nSPS) is 24.6. The van der Waals surface area contributed by atoms with Gasteiger partial charge in [0.15, 0.2) is 0 Å². The second kappa shape index (κ2) is 6.58. The highest BCUT2D eigenvalue weighted by Crippen LogP contribution is 2.37. The van der Waals surface area contributed by atoms with Gasteiger partial charge in [-0.2, -0.15) is 0 Å². The molecule has 0 aliphatic carbocycles. The molecule has 0 spiro atoms. The minimum atomic E-state index is -0.580. The first-order chi connectivity index (χ1) is 11.6. The molecule has 0 saturated carbocycles. The van der Waals surface area contributed by atoms with Gasteiger partial charge in [0, 0.05) is 35.7 Å². The summed E-state index contributed by atoms with van der Waals surface area (Å²) in [6.45, 7) is 9.77. The molecule has 0 aromatic heterocycles. The van der Waals surface area contributed by atoms with Crippen LogP contribution in [0.1, 0.15) is 44.5 Å². The monoisotopic (exact) mass is 364 g/mol. The lowest BCUT2D eigenvalue weighted by atomic mass is 9.78. The molecule has 2 aliphatic rings. The Kier molecular flexibility index (Phi) is 4.92. The molecule has 1 amide bonds. The molecule has 7 heteroatoms. The number of halogens is 1. The van der Waals surface area contributed by atoms with Crippen LogP contribution in [0.4, 0.5) is 0 Å². The van der Waals surface area contributed by atoms with Crippen molar-refractivity contribution in [1.29, 1.82) is 0 Å². The number of amides is 1. The van der Waals surface area contributed by atoms with Crippen LogP contribution >= 0.6 is 11.6 Å². The Morgan fingerprint density at radius 1 is 1.28 bits per heavy atom. The first-order valence-electron chi connectivity index (χ1n) is 8.75. The van der Waals surface area contributed by atoms with E-state index in [-0.39, 0.29) is 11.9 Å². The fraction of sp³-hybridized carbons (Fsp3) is 0.611. The summed E-state index contributed by atoms with van der Waals surface area (Å²) in [5.74, 6) is -0.0110. The number of carbonyl (C=O) groups excluding carboxylic acids is 1. The minimum Gasteiger partial charge on any atom is -0.399 e. The predicted octanol–water partition coefficient (Wildman–Crippen LogP) is 2.07. The van der Waals surface area contributed by atoms with Crippen molar-refractivity contribution in [2.45, 2.75) is 51.4 Å². The van der Waals surface area contributed by atoms with E-state index in [9.17, 15) is 4.79 Å². The molecule has 2 fully saturated rings. The van der Waals surface area contributed by atoms with E-state index in [0.717, 1.165) is 19.5 Å². The second-order valence-electron chi connectivity index (χ2n) is 7.89. The molecule has 2 aliphatic heterocycles. The summed E-state index contributed by atoms with van der Waals surface area (Å²) in [4.78, 5) is 14.6. The summed E-state index contributed by atoms with van der Waals surface area (Å²) >= 11 is 6.38. The molecule has 1 N–H and O–H groups in total. The third kappa shape index (κ3) is 3.45. The Labute approximate surface area is 155 Å². The number of hydrogen-bond donors (Lipinski definition) is 1. The van der Waals surface area contributed by atoms with Gasteiger partial charge in [-0.3, -0.25) is 4.79 Å². The summed E-state index contributed by atoms with van der Waals surface area (Å²) in [5.41, 5.74) is 0.397. The van der Waals surface area contributed by atoms with E-state index in [0.29, 0.717) is 16.0 Å². The maximum atomic E-state index is 12.8. The summed E-state index contributed by atoms with van der Waals surface area (Å²) in [7, 11) is 1.27. The molecule has 1 aromatic rings. The number of rotatable bonds is 3. The molecule has 2 heterocycles. The summed E-state index contributed by atoms with van der Waals surface area (Å²) in [6.07, 6.45) is 0.972. The van der Waals surface area contributed by atoms with Gasteiger partial charge in [0.25, 0.3) is 5.91 Å². The molecule has 25 heavy (non-hydrogen) atoms. The Bertz CT molecular complexity index is 658.